The van der Waals surface area contributed by atoms with Crippen molar-refractivity contribution in [2.45, 2.75) is 13.5 Å². The number of halogens is 2. The van der Waals surface area contributed by atoms with Gasteiger partial charge in [-0.2, -0.15) is 0 Å². The Labute approximate surface area is 195 Å². The van der Waals surface area contributed by atoms with Gasteiger partial charge in [0.25, 0.3) is 11.7 Å². The molecule has 5 nitrogen and oxygen atoms in total. The molecule has 0 fully saturated rings. The van der Waals surface area contributed by atoms with Crippen LogP contribution in [0.25, 0.3) is 11.3 Å². The second-order valence-corrected chi connectivity index (χ2v) is 8.08. The molecular weight excluding hydrogens is 445 g/mol. The Morgan fingerprint density at radius 1 is 0.969 bits per heavy atom. The summed E-state index contributed by atoms with van der Waals surface area (Å²) in [7, 11) is 0. The molecule has 1 amide bonds. The summed E-state index contributed by atoms with van der Waals surface area (Å²) in [5.74, 6) is -1.36. The third kappa shape index (κ3) is 4.74. The zero-order valence-corrected chi connectivity index (χ0v) is 18.7. The SMILES string of the molecule is Cc1c(C(=O)C(=O)Nc2ccnc(Cl)c2)cc(-c2ccccc2)n1Cc1ccc(Cl)cc1. The molecule has 4 rings (SSSR count). The number of ketones is 1. The van der Waals surface area contributed by atoms with Crippen molar-refractivity contribution in [1.29, 1.82) is 0 Å². The van der Waals surface area contributed by atoms with Gasteiger partial charge < -0.3 is 9.88 Å². The monoisotopic (exact) mass is 463 g/mol. The van der Waals surface area contributed by atoms with Gasteiger partial charge in [0.2, 0.25) is 0 Å². The lowest BCUT2D eigenvalue weighted by Crippen LogP contribution is -2.23. The summed E-state index contributed by atoms with van der Waals surface area (Å²) in [5, 5.41) is 3.48. The molecule has 0 atom stereocenters. The average molecular weight is 464 g/mol. The highest BCUT2D eigenvalue weighted by Crippen LogP contribution is 2.28. The van der Waals surface area contributed by atoms with Crippen LogP contribution in [0.5, 0.6) is 0 Å². The van der Waals surface area contributed by atoms with Gasteiger partial charge in [-0.25, -0.2) is 4.98 Å². The highest BCUT2D eigenvalue weighted by Gasteiger charge is 2.24. The first-order chi connectivity index (χ1) is 15.4. The molecule has 2 aromatic heterocycles. The number of aromatic nitrogens is 2. The van der Waals surface area contributed by atoms with E-state index in [0.717, 1.165) is 16.8 Å². The number of pyridine rings is 1. The molecule has 0 spiro atoms. The molecule has 0 aliphatic rings. The largest absolute Gasteiger partial charge is 0.340 e. The van der Waals surface area contributed by atoms with Gasteiger partial charge in [-0.15, -0.1) is 0 Å². The lowest BCUT2D eigenvalue weighted by molar-refractivity contribution is -0.112. The maximum Gasteiger partial charge on any atom is 0.296 e. The van der Waals surface area contributed by atoms with Gasteiger partial charge in [-0.3, -0.25) is 9.59 Å². The molecule has 160 valence electrons. The van der Waals surface area contributed by atoms with E-state index in [1.807, 2.05) is 66.1 Å². The van der Waals surface area contributed by atoms with Crippen LogP contribution in [0.3, 0.4) is 0 Å². The van der Waals surface area contributed by atoms with E-state index in [2.05, 4.69) is 10.3 Å². The van der Waals surface area contributed by atoms with Crippen LogP contribution >= 0.6 is 23.2 Å². The Hall–Kier alpha value is -3.41. The maximum atomic E-state index is 13.1. The molecule has 0 radical (unpaired) electrons. The van der Waals surface area contributed by atoms with Gasteiger partial charge in [-0.05, 0) is 48.4 Å². The summed E-state index contributed by atoms with van der Waals surface area (Å²) in [6, 6.07) is 22.1. The van der Waals surface area contributed by atoms with E-state index in [4.69, 9.17) is 23.2 Å². The number of hydrogen-bond acceptors (Lipinski definition) is 3. The molecular formula is C25H19Cl2N3O2. The summed E-state index contributed by atoms with van der Waals surface area (Å²) in [5.41, 5.74) is 4.28. The van der Waals surface area contributed by atoms with Gasteiger partial charge in [-0.1, -0.05) is 65.7 Å². The Morgan fingerprint density at radius 2 is 1.69 bits per heavy atom. The summed E-state index contributed by atoms with van der Waals surface area (Å²) in [6.45, 7) is 2.37. The highest BCUT2D eigenvalue weighted by molar-refractivity contribution is 6.47. The van der Waals surface area contributed by atoms with Gasteiger partial charge in [0.15, 0.2) is 0 Å². The number of Topliss-reactive ketones (excluding diaryl/α,β-unsaturated/α-hetero) is 1. The van der Waals surface area contributed by atoms with Crippen LogP contribution in [-0.2, 0) is 11.3 Å². The first kappa shape index (κ1) is 21.8. The number of amides is 1. The summed E-state index contributed by atoms with van der Waals surface area (Å²) < 4.78 is 2.03. The molecule has 0 aliphatic carbocycles. The zero-order valence-electron chi connectivity index (χ0n) is 17.2. The van der Waals surface area contributed by atoms with E-state index >= 15 is 0 Å². The second-order valence-electron chi connectivity index (χ2n) is 7.26. The van der Waals surface area contributed by atoms with Crippen LogP contribution < -0.4 is 5.32 Å². The minimum absolute atomic E-state index is 0.229. The molecule has 0 bridgehead atoms. The van der Waals surface area contributed by atoms with Crippen LogP contribution in [-0.4, -0.2) is 21.2 Å². The van der Waals surface area contributed by atoms with Crippen molar-refractivity contribution in [2.24, 2.45) is 0 Å². The number of nitrogens with zero attached hydrogens (tertiary/aromatic N) is 2. The molecule has 0 aliphatic heterocycles. The molecule has 2 heterocycles. The first-order valence-electron chi connectivity index (χ1n) is 9.89. The van der Waals surface area contributed by atoms with Crippen molar-refractivity contribution in [3.63, 3.8) is 0 Å². The Balaban J connectivity index is 1.70. The number of benzene rings is 2. The summed E-state index contributed by atoms with van der Waals surface area (Å²) in [6.07, 6.45) is 1.46. The topological polar surface area (TPSA) is 64.0 Å². The van der Waals surface area contributed by atoms with Crippen LogP contribution in [0.1, 0.15) is 21.6 Å². The second kappa shape index (κ2) is 9.39. The van der Waals surface area contributed by atoms with Crippen molar-refractivity contribution in [3.8, 4) is 11.3 Å². The van der Waals surface area contributed by atoms with Gasteiger partial charge in [0.05, 0.1) is 0 Å². The van der Waals surface area contributed by atoms with Crippen LogP contribution in [0.4, 0.5) is 5.69 Å². The van der Waals surface area contributed by atoms with Crippen molar-refractivity contribution >= 4 is 40.6 Å². The van der Waals surface area contributed by atoms with Crippen molar-refractivity contribution in [1.82, 2.24) is 9.55 Å². The van der Waals surface area contributed by atoms with Gasteiger partial charge in [0, 0.05) is 40.4 Å². The minimum atomic E-state index is -0.737. The van der Waals surface area contributed by atoms with Gasteiger partial charge >= 0.3 is 0 Å². The van der Waals surface area contributed by atoms with Crippen molar-refractivity contribution < 1.29 is 9.59 Å². The Bertz CT molecular complexity index is 1280. The molecule has 2 aromatic carbocycles. The minimum Gasteiger partial charge on any atom is -0.340 e. The summed E-state index contributed by atoms with van der Waals surface area (Å²) >= 11 is 11.9. The Kier molecular flexibility index (Phi) is 6.40. The third-order valence-electron chi connectivity index (χ3n) is 5.13. The molecule has 32 heavy (non-hydrogen) atoms. The third-order valence-corrected chi connectivity index (χ3v) is 5.58. The van der Waals surface area contributed by atoms with E-state index in [0.29, 0.717) is 28.5 Å². The lowest BCUT2D eigenvalue weighted by atomic mass is 10.1. The molecule has 1 N–H and O–H groups in total. The van der Waals surface area contributed by atoms with E-state index in [-0.39, 0.29) is 5.15 Å². The fourth-order valence-electron chi connectivity index (χ4n) is 3.49. The fourth-order valence-corrected chi connectivity index (χ4v) is 3.79. The summed E-state index contributed by atoms with van der Waals surface area (Å²) in [4.78, 5) is 29.6. The maximum absolute atomic E-state index is 13.1. The number of carbonyl (C=O) groups is 2. The lowest BCUT2D eigenvalue weighted by Gasteiger charge is -2.12. The number of hydrogen-bond donors (Lipinski definition) is 1. The number of carbonyl (C=O) groups excluding carboxylic acids is 2. The molecule has 0 saturated heterocycles. The predicted molar refractivity (Wildman–Crippen MR) is 127 cm³/mol. The van der Waals surface area contributed by atoms with Crippen LogP contribution in [0.2, 0.25) is 10.2 Å². The van der Waals surface area contributed by atoms with E-state index < -0.39 is 11.7 Å². The Morgan fingerprint density at radius 3 is 2.38 bits per heavy atom. The highest BCUT2D eigenvalue weighted by atomic mass is 35.5. The van der Waals surface area contributed by atoms with Crippen LogP contribution in [0, 0.1) is 6.92 Å². The first-order valence-corrected chi connectivity index (χ1v) is 10.6. The quantitative estimate of drug-likeness (QED) is 0.215. The predicted octanol–water partition coefficient (Wildman–Crippen LogP) is 6.04. The molecule has 7 heteroatoms. The van der Waals surface area contributed by atoms with E-state index in [9.17, 15) is 9.59 Å². The molecule has 0 unspecified atom stereocenters. The van der Waals surface area contributed by atoms with Crippen molar-refractivity contribution in [3.05, 3.63) is 106 Å². The fraction of sp³-hybridized carbons (Fsp3) is 0.0800. The van der Waals surface area contributed by atoms with E-state index in [1.165, 1.54) is 12.3 Å². The van der Waals surface area contributed by atoms with Crippen LogP contribution in [0.15, 0.2) is 79.0 Å². The molecule has 4 aromatic rings. The number of anilines is 1. The number of rotatable bonds is 6. The standard InChI is InChI=1S/C25H19Cl2N3O2/c1-16-21(24(31)25(32)29-20-11-12-28-23(27)13-20)14-22(18-5-3-2-4-6-18)30(16)15-17-7-9-19(26)10-8-17/h2-14H,15H2,1H3,(H,28,29,32). The number of nitrogens with one attached hydrogen (secondary N) is 1. The smallest absolute Gasteiger partial charge is 0.296 e. The average Bonchev–Trinajstić information content (AvgIpc) is 3.11. The zero-order chi connectivity index (χ0) is 22.7. The molecule has 0 saturated carbocycles. The van der Waals surface area contributed by atoms with E-state index in [1.54, 1.807) is 12.1 Å². The van der Waals surface area contributed by atoms with Crippen molar-refractivity contribution in [2.75, 3.05) is 5.32 Å². The van der Waals surface area contributed by atoms with Gasteiger partial charge in [0.1, 0.15) is 5.15 Å². The normalized spacial score (nSPS) is 10.7.